The predicted octanol–water partition coefficient (Wildman–Crippen LogP) is 5.46. The maximum atomic E-state index is 13.3. The lowest BCUT2D eigenvalue weighted by molar-refractivity contribution is 0.0629. The van der Waals surface area contributed by atoms with E-state index in [0.717, 1.165) is 22.3 Å². The lowest BCUT2D eigenvalue weighted by Gasteiger charge is -2.37. The van der Waals surface area contributed by atoms with Crippen molar-refractivity contribution in [3.05, 3.63) is 106 Å². The average Bonchev–Trinajstić information content (AvgIpc) is 2.92. The summed E-state index contributed by atoms with van der Waals surface area (Å²) >= 11 is 6.09. The standard InChI is InChI=1S/C24H20ClNO2/c1-16(27)18-9-7-17(8-10-18)15-26-23(28)21-5-3-4-6-22(21)24(26,2)19-11-13-20(25)14-12-19/h3-14H,15H2,1-2H3. The third-order valence-electron chi connectivity index (χ3n) is 5.57. The van der Waals surface area contributed by atoms with Crippen LogP contribution in [0.3, 0.4) is 0 Å². The molecule has 0 radical (unpaired) electrons. The summed E-state index contributed by atoms with van der Waals surface area (Å²) < 4.78 is 0. The third-order valence-corrected chi connectivity index (χ3v) is 5.83. The molecule has 1 amide bonds. The molecule has 140 valence electrons. The summed E-state index contributed by atoms with van der Waals surface area (Å²) in [5, 5.41) is 0.663. The van der Waals surface area contributed by atoms with E-state index in [0.29, 0.717) is 17.1 Å². The molecular weight excluding hydrogens is 370 g/mol. The van der Waals surface area contributed by atoms with Crippen LogP contribution in [0.25, 0.3) is 0 Å². The fraction of sp³-hybridized carbons (Fsp3) is 0.167. The van der Waals surface area contributed by atoms with E-state index in [4.69, 9.17) is 11.6 Å². The van der Waals surface area contributed by atoms with Gasteiger partial charge < -0.3 is 4.90 Å². The second kappa shape index (κ2) is 6.92. The molecule has 0 fully saturated rings. The number of ketones is 1. The van der Waals surface area contributed by atoms with Gasteiger partial charge in [-0.05, 0) is 48.7 Å². The van der Waals surface area contributed by atoms with E-state index < -0.39 is 5.54 Å². The summed E-state index contributed by atoms with van der Waals surface area (Å²) in [6.07, 6.45) is 0. The summed E-state index contributed by atoms with van der Waals surface area (Å²) in [5.74, 6) is 0.0332. The molecule has 0 spiro atoms. The van der Waals surface area contributed by atoms with Crippen molar-refractivity contribution in [2.24, 2.45) is 0 Å². The van der Waals surface area contributed by atoms with Gasteiger partial charge in [0.05, 0.1) is 5.54 Å². The Kier molecular flexibility index (Phi) is 4.56. The predicted molar refractivity (Wildman–Crippen MR) is 111 cm³/mol. The summed E-state index contributed by atoms with van der Waals surface area (Å²) in [4.78, 5) is 26.7. The maximum absolute atomic E-state index is 13.3. The Morgan fingerprint density at radius 1 is 0.964 bits per heavy atom. The quantitative estimate of drug-likeness (QED) is 0.555. The molecule has 3 aromatic carbocycles. The van der Waals surface area contributed by atoms with Gasteiger partial charge in [0.15, 0.2) is 5.78 Å². The first-order valence-corrected chi connectivity index (χ1v) is 9.56. The van der Waals surface area contributed by atoms with Crippen LogP contribution in [0.15, 0.2) is 72.8 Å². The van der Waals surface area contributed by atoms with Gasteiger partial charge in [0.25, 0.3) is 5.91 Å². The number of carbonyl (C=O) groups is 2. The van der Waals surface area contributed by atoms with Crippen LogP contribution in [0, 0.1) is 0 Å². The Morgan fingerprint density at radius 3 is 2.25 bits per heavy atom. The molecular formula is C24H20ClNO2. The summed E-state index contributed by atoms with van der Waals surface area (Å²) in [6, 6.07) is 22.9. The number of hydrogen-bond acceptors (Lipinski definition) is 2. The van der Waals surface area contributed by atoms with Crippen LogP contribution in [-0.4, -0.2) is 16.6 Å². The van der Waals surface area contributed by atoms with E-state index in [1.165, 1.54) is 0 Å². The van der Waals surface area contributed by atoms with Gasteiger partial charge in [-0.1, -0.05) is 66.2 Å². The highest BCUT2D eigenvalue weighted by Crippen LogP contribution is 2.44. The van der Waals surface area contributed by atoms with Crippen LogP contribution in [-0.2, 0) is 12.1 Å². The fourth-order valence-corrected chi connectivity index (χ4v) is 4.06. The van der Waals surface area contributed by atoms with Crippen molar-refractivity contribution in [3.8, 4) is 0 Å². The van der Waals surface area contributed by atoms with E-state index in [9.17, 15) is 9.59 Å². The van der Waals surface area contributed by atoms with Crippen molar-refractivity contribution >= 4 is 23.3 Å². The molecule has 3 aromatic rings. The average molecular weight is 390 g/mol. The Bertz CT molecular complexity index is 1060. The third kappa shape index (κ3) is 2.92. The monoisotopic (exact) mass is 389 g/mol. The van der Waals surface area contributed by atoms with E-state index in [-0.39, 0.29) is 11.7 Å². The number of Topliss-reactive ketones (excluding diaryl/α,β-unsaturated/α-hetero) is 1. The minimum atomic E-state index is -0.600. The number of rotatable bonds is 4. The smallest absolute Gasteiger partial charge is 0.255 e. The van der Waals surface area contributed by atoms with Gasteiger partial charge in [-0.2, -0.15) is 0 Å². The number of carbonyl (C=O) groups excluding carboxylic acids is 2. The summed E-state index contributed by atoms with van der Waals surface area (Å²) in [7, 11) is 0. The lowest BCUT2D eigenvalue weighted by atomic mass is 9.84. The molecule has 3 nitrogen and oxygen atoms in total. The van der Waals surface area contributed by atoms with Crippen molar-refractivity contribution in [1.29, 1.82) is 0 Å². The molecule has 1 atom stereocenters. The zero-order valence-corrected chi connectivity index (χ0v) is 16.5. The van der Waals surface area contributed by atoms with Crippen LogP contribution >= 0.6 is 11.6 Å². The van der Waals surface area contributed by atoms with Gasteiger partial charge in [-0.3, -0.25) is 9.59 Å². The minimum absolute atomic E-state index is 0.00342. The van der Waals surface area contributed by atoms with E-state index in [2.05, 4.69) is 6.92 Å². The minimum Gasteiger partial charge on any atom is -0.321 e. The molecule has 0 aliphatic carbocycles. The van der Waals surface area contributed by atoms with Crippen LogP contribution < -0.4 is 0 Å². The van der Waals surface area contributed by atoms with Gasteiger partial charge in [0.2, 0.25) is 0 Å². The Labute approximate surface area is 169 Å². The van der Waals surface area contributed by atoms with Crippen LogP contribution in [0.2, 0.25) is 5.02 Å². The maximum Gasteiger partial charge on any atom is 0.255 e. The molecule has 4 rings (SSSR count). The van der Waals surface area contributed by atoms with Crippen LogP contribution in [0.4, 0.5) is 0 Å². The molecule has 1 unspecified atom stereocenters. The highest BCUT2D eigenvalue weighted by molar-refractivity contribution is 6.30. The lowest BCUT2D eigenvalue weighted by Crippen LogP contribution is -2.41. The van der Waals surface area contributed by atoms with Crippen molar-refractivity contribution in [3.63, 3.8) is 0 Å². The zero-order valence-electron chi connectivity index (χ0n) is 15.8. The summed E-state index contributed by atoms with van der Waals surface area (Å²) in [5.41, 5.74) is 3.77. The van der Waals surface area contributed by atoms with Gasteiger partial charge in [0, 0.05) is 22.7 Å². The van der Waals surface area contributed by atoms with Crippen LogP contribution in [0.1, 0.15) is 51.3 Å². The Balaban J connectivity index is 1.79. The second-order valence-corrected chi connectivity index (χ2v) is 7.71. The zero-order chi connectivity index (χ0) is 19.9. The number of amides is 1. The molecule has 28 heavy (non-hydrogen) atoms. The molecule has 0 N–H and O–H groups in total. The molecule has 0 aromatic heterocycles. The molecule has 0 saturated carbocycles. The normalized spacial score (nSPS) is 18.2. The van der Waals surface area contributed by atoms with Gasteiger partial charge in [-0.25, -0.2) is 0 Å². The molecule has 4 heteroatoms. The van der Waals surface area contributed by atoms with Crippen molar-refractivity contribution in [1.82, 2.24) is 4.90 Å². The highest BCUT2D eigenvalue weighted by atomic mass is 35.5. The molecule has 1 aliphatic rings. The first-order chi connectivity index (χ1) is 13.4. The van der Waals surface area contributed by atoms with E-state index >= 15 is 0 Å². The molecule has 1 heterocycles. The fourth-order valence-electron chi connectivity index (χ4n) is 3.93. The number of fused-ring (bicyclic) bond motifs is 1. The number of halogens is 1. The summed E-state index contributed by atoms with van der Waals surface area (Å²) in [6.45, 7) is 4.07. The van der Waals surface area contributed by atoms with Gasteiger partial charge in [0.1, 0.15) is 0 Å². The van der Waals surface area contributed by atoms with Crippen molar-refractivity contribution in [2.45, 2.75) is 25.9 Å². The first kappa shape index (κ1) is 18.5. The van der Waals surface area contributed by atoms with E-state index in [1.54, 1.807) is 6.92 Å². The highest BCUT2D eigenvalue weighted by Gasteiger charge is 2.47. The molecule has 0 bridgehead atoms. The van der Waals surface area contributed by atoms with Gasteiger partial charge in [-0.15, -0.1) is 0 Å². The number of benzene rings is 3. The van der Waals surface area contributed by atoms with Crippen molar-refractivity contribution in [2.75, 3.05) is 0 Å². The molecule has 0 saturated heterocycles. The molecule has 1 aliphatic heterocycles. The topological polar surface area (TPSA) is 37.4 Å². The SMILES string of the molecule is CC(=O)c1ccc(CN2C(=O)c3ccccc3C2(C)c2ccc(Cl)cc2)cc1. The largest absolute Gasteiger partial charge is 0.321 e. The van der Waals surface area contributed by atoms with E-state index in [1.807, 2.05) is 77.7 Å². The Morgan fingerprint density at radius 2 is 1.61 bits per heavy atom. The Hall–Kier alpha value is -2.91. The van der Waals surface area contributed by atoms with Crippen LogP contribution in [0.5, 0.6) is 0 Å². The first-order valence-electron chi connectivity index (χ1n) is 9.18. The van der Waals surface area contributed by atoms with Crippen molar-refractivity contribution < 1.29 is 9.59 Å². The second-order valence-electron chi connectivity index (χ2n) is 7.27. The van der Waals surface area contributed by atoms with Gasteiger partial charge >= 0.3 is 0 Å². The number of hydrogen-bond donors (Lipinski definition) is 0. The number of nitrogens with zero attached hydrogens (tertiary/aromatic N) is 1.